The molecule has 2 N–H and O–H groups in total. The normalized spacial score (nSPS) is 17.3. The van der Waals surface area contributed by atoms with E-state index in [1.54, 1.807) is 30.3 Å². The van der Waals surface area contributed by atoms with Crippen molar-refractivity contribution in [2.45, 2.75) is 51.9 Å². The molecule has 2 aliphatic rings. The van der Waals surface area contributed by atoms with Gasteiger partial charge in [0.2, 0.25) is 5.91 Å². The van der Waals surface area contributed by atoms with Gasteiger partial charge in [0, 0.05) is 42.4 Å². The molecule has 1 aliphatic heterocycles. The number of aryl methyl sites for hydroxylation is 1. The number of nitrogens with zero attached hydrogens (tertiary/aromatic N) is 1. The molecule has 0 atom stereocenters. The first-order valence-corrected chi connectivity index (χ1v) is 12.6. The number of rotatable bonds is 6. The molecule has 1 heterocycles. The first-order valence-electron chi connectivity index (χ1n) is 12.6. The summed E-state index contributed by atoms with van der Waals surface area (Å²) in [6.07, 6.45) is 7.68. The molecule has 1 saturated heterocycles. The van der Waals surface area contributed by atoms with Gasteiger partial charge in [-0.1, -0.05) is 43.5 Å². The van der Waals surface area contributed by atoms with Crippen molar-refractivity contribution in [2.75, 3.05) is 25.0 Å². The molecule has 0 radical (unpaired) electrons. The number of piperidine rings is 1. The average Bonchev–Trinajstić information content (AvgIpc) is 2.88. The lowest BCUT2D eigenvalue weighted by Crippen LogP contribution is -2.43. The van der Waals surface area contributed by atoms with Gasteiger partial charge in [0.15, 0.2) is 0 Å². The van der Waals surface area contributed by atoms with E-state index in [-0.39, 0.29) is 23.6 Å². The molecule has 0 spiro atoms. The second-order valence-corrected chi connectivity index (χ2v) is 9.67. The van der Waals surface area contributed by atoms with Crippen LogP contribution in [0.4, 0.5) is 5.69 Å². The summed E-state index contributed by atoms with van der Waals surface area (Å²) in [6.45, 7) is 3.83. The van der Waals surface area contributed by atoms with E-state index in [0.717, 1.165) is 12.1 Å². The van der Waals surface area contributed by atoms with Gasteiger partial charge in [0.1, 0.15) is 0 Å². The topological polar surface area (TPSA) is 78.5 Å². The maximum atomic E-state index is 13.1. The molecule has 1 saturated carbocycles. The Kier molecular flexibility index (Phi) is 7.99. The van der Waals surface area contributed by atoms with Crippen LogP contribution >= 0.6 is 0 Å². The average molecular weight is 462 g/mol. The summed E-state index contributed by atoms with van der Waals surface area (Å²) in [4.78, 5) is 40.1. The van der Waals surface area contributed by atoms with Crippen molar-refractivity contribution < 1.29 is 14.4 Å². The van der Waals surface area contributed by atoms with Crippen LogP contribution in [0.25, 0.3) is 0 Å². The number of benzene rings is 2. The molecule has 0 aromatic heterocycles. The van der Waals surface area contributed by atoms with Crippen LogP contribution in [0.15, 0.2) is 48.5 Å². The summed E-state index contributed by atoms with van der Waals surface area (Å²) in [5, 5.41) is 6.06. The van der Waals surface area contributed by atoms with Crippen molar-refractivity contribution in [1.82, 2.24) is 10.2 Å². The minimum absolute atomic E-state index is 0.0209. The summed E-state index contributed by atoms with van der Waals surface area (Å²) in [6, 6.07) is 14.5. The lowest BCUT2D eigenvalue weighted by atomic mass is 9.89. The van der Waals surface area contributed by atoms with Gasteiger partial charge in [-0.25, -0.2) is 0 Å². The summed E-state index contributed by atoms with van der Waals surface area (Å²) >= 11 is 0. The third kappa shape index (κ3) is 6.04. The Morgan fingerprint density at radius 3 is 2.38 bits per heavy atom. The van der Waals surface area contributed by atoms with Crippen LogP contribution in [0.5, 0.6) is 0 Å². The van der Waals surface area contributed by atoms with Crippen LogP contribution in [0, 0.1) is 18.8 Å². The molecule has 34 heavy (non-hydrogen) atoms. The Hall–Kier alpha value is -3.15. The second-order valence-electron chi connectivity index (χ2n) is 9.67. The molecule has 2 aromatic rings. The first kappa shape index (κ1) is 24.0. The lowest BCUT2D eigenvalue weighted by Gasteiger charge is -2.32. The zero-order valence-electron chi connectivity index (χ0n) is 20.0. The molecule has 3 amide bonds. The smallest absolute Gasteiger partial charge is 0.255 e. The van der Waals surface area contributed by atoms with E-state index in [2.05, 4.69) is 10.6 Å². The highest BCUT2D eigenvalue weighted by Crippen LogP contribution is 2.24. The Morgan fingerprint density at radius 2 is 1.65 bits per heavy atom. The van der Waals surface area contributed by atoms with Gasteiger partial charge in [0.25, 0.3) is 11.8 Å². The number of carbonyl (C=O) groups excluding carboxylic acids is 3. The van der Waals surface area contributed by atoms with Crippen molar-refractivity contribution >= 4 is 23.4 Å². The number of amides is 3. The fraction of sp³-hybridized carbons (Fsp3) is 0.464. The second kappa shape index (κ2) is 11.3. The van der Waals surface area contributed by atoms with Crippen molar-refractivity contribution in [3.8, 4) is 0 Å². The van der Waals surface area contributed by atoms with E-state index in [1.807, 2.05) is 30.0 Å². The van der Waals surface area contributed by atoms with E-state index in [0.29, 0.717) is 48.7 Å². The molecule has 180 valence electrons. The summed E-state index contributed by atoms with van der Waals surface area (Å²) in [7, 11) is 0. The number of nitrogens with one attached hydrogen (secondary N) is 2. The van der Waals surface area contributed by atoms with Crippen LogP contribution in [0.1, 0.15) is 71.2 Å². The molecule has 6 heteroatoms. The lowest BCUT2D eigenvalue weighted by molar-refractivity contribution is -0.126. The van der Waals surface area contributed by atoms with Crippen LogP contribution in [-0.2, 0) is 4.79 Å². The van der Waals surface area contributed by atoms with Crippen LogP contribution in [-0.4, -0.2) is 42.3 Å². The summed E-state index contributed by atoms with van der Waals surface area (Å²) < 4.78 is 0. The molecular weight excluding hydrogens is 426 g/mol. The largest absolute Gasteiger partial charge is 0.356 e. The Labute approximate surface area is 202 Å². The highest BCUT2D eigenvalue weighted by atomic mass is 16.2. The molecular formula is C28H35N3O3. The van der Waals surface area contributed by atoms with Crippen LogP contribution in [0.3, 0.4) is 0 Å². The third-order valence-corrected chi connectivity index (χ3v) is 7.20. The zero-order valence-corrected chi connectivity index (χ0v) is 20.0. The molecule has 0 bridgehead atoms. The van der Waals surface area contributed by atoms with E-state index in [1.165, 1.54) is 32.1 Å². The van der Waals surface area contributed by atoms with E-state index >= 15 is 0 Å². The number of hydrogen-bond acceptors (Lipinski definition) is 3. The van der Waals surface area contributed by atoms with Crippen LogP contribution < -0.4 is 10.6 Å². The molecule has 0 unspecified atom stereocenters. The number of hydrogen-bond donors (Lipinski definition) is 2. The van der Waals surface area contributed by atoms with Gasteiger partial charge in [0.05, 0.1) is 0 Å². The van der Waals surface area contributed by atoms with Gasteiger partial charge in [-0.05, 0) is 68.4 Å². The Morgan fingerprint density at radius 1 is 0.912 bits per heavy atom. The van der Waals surface area contributed by atoms with Crippen molar-refractivity contribution in [3.63, 3.8) is 0 Å². The fourth-order valence-electron chi connectivity index (χ4n) is 5.06. The number of carbonyl (C=O) groups is 3. The number of likely N-dealkylation sites (tertiary alicyclic amines) is 1. The summed E-state index contributed by atoms with van der Waals surface area (Å²) in [5.41, 5.74) is 2.65. The van der Waals surface area contributed by atoms with Crippen molar-refractivity contribution in [3.05, 3.63) is 65.2 Å². The molecule has 2 aromatic carbocycles. The zero-order chi connectivity index (χ0) is 23.9. The minimum atomic E-state index is -0.192. The highest BCUT2D eigenvalue weighted by molar-refractivity contribution is 6.06. The monoisotopic (exact) mass is 461 g/mol. The number of anilines is 1. The third-order valence-electron chi connectivity index (χ3n) is 7.20. The Balaban J connectivity index is 1.28. The van der Waals surface area contributed by atoms with Gasteiger partial charge in [-0.2, -0.15) is 0 Å². The Bertz CT molecular complexity index is 1020. The van der Waals surface area contributed by atoms with Crippen molar-refractivity contribution in [2.24, 2.45) is 11.8 Å². The van der Waals surface area contributed by atoms with E-state index in [4.69, 9.17) is 0 Å². The fourth-order valence-corrected chi connectivity index (χ4v) is 5.06. The predicted octanol–water partition coefficient (Wildman–Crippen LogP) is 4.80. The predicted molar refractivity (Wildman–Crippen MR) is 134 cm³/mol. The van der Waals surface area contributed by atoms with Gasteiger partial charge in [-0.15, -0.1) is 0 Å². The summed E-state index contributed by atoms with van der Waals surface area (Å²) in [5.74, 6) is 0.486. The van der Waals surface area contributed by atoms with Gasteiger partial charge in [-0.3, -0.25) is 14.4 Å². The highest BCUT2D eigenvalue weighted by Gasteiger charge is 2.28. The van der Waals surface area contributed by atoms with E-state index in [9.17, 15) is 14.4 Å². The minimum Gasteiger partial charge on any atom is -0.356 e. The van der Waals surface area contributed by atoms with Crippen molar-refractivity contribution in [1.29, 1.82) is 0 Å². The maximum Gasteiger partial charge on any atom is 0.255 e. The molecule has 1 aliphatic carbocycles. The van der Waals surface area contributed by atoms with Gasteiger partial charge < -0.3 is 15.5 Å². The van der Waals surface area contributed by atoms with Gasteiger partial charge >= 0.3 is 0 Å². The van der Waals surface area contributed by atoms with Crippen LogP contribution in [0.2, 0.25) is 0 Å². The molecule has 4 rings (SSSR count). The quantitative estimate of drug-likeness (QED) is 0.649. The van der Waals surface area contributed by atoms with E-state index < -0.39 is 0 Å². The SMILES string of the molecule is Cc1ccccc1C(=O)Nc1cccc(C(=O)N2CCC(C(=O)NCC3CCCCC3)CC2)c1. The first-order chi connectivity index (χ1) is 16.5. The standard InChI is InChI=1S/C28H35N3O3/c1-20-8-5-6-13-25(20)27(33)30-24-12-7-11-23(18-24)28(34)31-16-14-22(15-17-31)26(32)29-19-21-9-3-2-4-10-21/h5-8,11-13,18,21-22H,2-4,9-10,14-17,19H2,1H3,(H,29,32)(H,30,33). The maximum absolute atomic E-state index is 13.1. The molecule has 2 fully saturated rings. The molecule has 6 nitrogen and oxygen atoms in total.